The van der Waals surface area contributed by atoms with Crippen molar-refractivity contribution in [3.63, 3.8) is 0 Å². The summed E-state index contributed by atoms with van der Waals surface area (Å²) in [5.41, 5.74) is 14.4. The van der Waals surface area contributed by atoms with Gasteiger partial charge >= 0.3 is 0 Å². The molecule has 37 heavy (non-hydrogen) atoms. The van der Waals surface area contributed by atoms with Gasteiger partial charge in [-0.1, -0.05) is 67.1 Å². The van der Waals surface area contributed by atoms with Gasteiger partial charge in [-0.2, -0.15) is 0 Å². The SMILES string of the molecule is CCNC(c1ccc(CC)cc1Cl)C(O)C(=O)Nc1ccc2nc(N)sc2c1.NC(=O)c1ccccc1. The number of hydrogen-bond acceptors (Lipinski definition) is 7. The first-order chi connectivity index (χ1) is 17.7. The zero-order chi connectivity index (χ0) is 26.9. The molecule has 0 saturated carbocycles. The number of aliphatic hydroxyl groups is 1. The fourth-order valence-corrected chi connectivity index (χ4v) is 4.74. The molecule has 0 fully saturated rings. The van der Waals surface area contributed by atoms with Crippen molar-refractivity contribution < 1.29 is 14.7 Å². The molecule has 0 bridgehead atoms. The van der Waals surface area contributed by atoms with Crippen molar-refractivity contribution in [3.8, 4) is 0 Å². The van der Waals surface area contributed by atoms with Gasteiger partial charge in [0, 0.05) is 16.3 Å². The number of carbonyl (C=O) groups excluding carboxylic acids is 2. The van der Waals surface area contributed by atoms with Gasteiger partial charge in [-0.3, -0.25) is 9.59 Å². The number of likely N-dealkylation sites (N-methyl/N-ethyl adjacent to an activating group) is 1. The molecular formula is C27H30ClN5O3S. The smallest absolute Gasteiger partial charge is 0.255 e. The van der Waals surface area contributed by atoms with E-state index in [1.165, 1.54) is 11.3 Å². The third kappa shape index (κ3) is 7.50. The number of carbonyl (C=O) groups is 2. The van der Waals surface area contributed by atoms with Gasteiger partial charge in [-0.15, -0.1) is 0 Å². The third-order valence-corrected chi connectivity index (χ3v) is 6.72. The number of rotatable bonds is 8. The summed E-state index contributed by atoms with van der Waals surface area (Å²) in [6, 6.07) is 19.1. The second-order valence-corrected chi connectivity index (χ2v) is 9.61. The molecule has 0 spiro atoms. The molecule has 2 atom stereocenters. The van der Waals surface area contributed by atoms with Gasteiger partial charge in [0.2, 0.25) is 5.91 Å². The zero-order valence-electron chi connectivity index (χ0n) is 20.6. The Balaban J connectivity index is 0.000000356. The van der Waals surface area contributed by atoms with Gasteiger partial charge in [-0.25, -0.2) is 4.98 Å². The zero-order valence-corrected chi connectivity index (χ0v) is 22.1. The topological polar surface area (TPSA) is 143 Å². The van der Waals surface area contributed by atoms with E-state index in [-0.39, 0.29) is 5.91 Å². The number of anilines is 2. The van der Waals surface area contributed by atoms with Crippen LogP contribution in [0.15, 0.2) is 66.7 Å². The quantitative estimate of drug-likeness (QED) is 0.222. The molecule has 194 valence electrons. The Morgan fingerprint density at radius 1 is 1.08 bits per heavy atom. The van der Waals surface area contributed by atoms with Crippen LogP contribution in [0.1, 0.15) is 41.4 Å². The molecule has 2 unspecified atom stereocenters. The minimum atomic E-state index is -1.31. The lowest BCUT2D eigenvalue weighted by molar-refractivity contribution is -0.125. The van der Waals surface area contributed by atoms with Gasteiger partial charge in [0.05, 0.1) is 16.3 Å². The van der Waals surface area contributed by atoms with E-state index in [4.69, 9.17) is 23.1 Å². The predicted molar refractivity (Wildman–Crippen MR) is 151 cm³/mol. The maximum absolute atomic E-state index is 12.7. The number of aliphatic hydroxyl groups excluding tert-OH is 1. The molecule has 4 aromatic rings. The molecule has 1 aromatic heterocycles. The lowest BCUT2D eigenvalue weighted by Gasteiger charge is -2.24. The highest BCUT2D eigenvalue weighted by Crippen LogP contribution is 2.29. The number of aromatic nitrogens is 1. The molecule has 10 heteroatoms. The summed E-state index contributed by atoms with van der Waals surface area (Å²) in [6.07, 6.45) is -0.452. The number of nitrogens with zero attached hydrogens (tertiary/aromatic N) is 1. The van der Waals surface area contributed by atoms with Crippen LogP contribution in [0.5, 0.6) is 0 Å². The first kappa shape index (κ1) is 28.1. The predicted octanol–water partition coefficient (Wildman–Crippen LogP) is 4.53. The second-order valence-electron chi connectivity index (χ2n) is 8.14. The van der Waals surface area contributed by atoms with Crippen molar-refractivity contribution in [2.45, 2.75) is 32.4 Å². The number of hydrogen-bond donors (Lipinski definition) is 5. The molecule has 0 saturated heterocycles. The minimum Gasteiger partial charge on any atom is -0.381 e. The Morgan fingerprint density at radius 2 is 1.81 bits per heavy atom. The normalized spacial score (nSPS) is 12.3. The molecule has 8 nitrogen and oxygen atoms in total. The Bertz CT molecular complexity index is 1360. The minimum absolute atomic E-state index is 0.379. The van der Waals surface area contributed by atoms with Crippen molar-refractivity contribution in [2.75, 3.05) is 17.6 Å². The van der Waals surface area contributed by atoms with Crippen LogP contribution in [0.3, 0.4) is 0 Å². The van der Waals surface area contributed by atoms with Crippen LogP contribution in [-0.4, -0.2) is 34.6 Å². The highest BCUT2D eigenvalue weighted by Gasteiger charge is 2.28. The van der Waals surface area contributed by atoms with Crippen LogP contribution in [0.4, 0.5) is 10.8 Å². The number of aryl methyl sites for hydroxylation is 1. The van der Waals surface area contributed by atoms with Gasteiger partial charge in [0.15, 0.2) is 11.2 Å². The molecule has 0 aliphatic carbocycles. The molecular weight excluding hydrogens is 510 g/mol. The summed E-state index contributed by atoms with van der Waals surface area (Å²) < 4.78 is 0.867. The van der Waals surface area contributed by atoms with Crippen LogP contribution in [0, 0.1) is 0 Å². The molecule has 0 radical (unpaired) electrons. The number of benzene rings is 3. The van der Waals surface area contributed by atoms with Crippen LogP contribution < -0.4 is 22.1 Å². The average molecular weight is 540 g/mol. The summed E-state index contributed by atoms with van der Waals surface area (Å²) in [4.78, 5) is 27.3. The van der Waals surface area contributed by atoms with Crippen LogP contribution >= 0.6 is 22.9 Å². The molecule has 7 N–H and O–H groups in total. The number of amides is 2. The van der Waals surface area contributed by atoms with E-state index in [0.29, 0.717) is 33.5 Å². The Hall–Kier alpha value is -3.50. The summed E-state index contributed by atoms with van der Waals surface area (Å²) in [6.45, 7) is 4.53. The number of fused-ring (bicyclic) bond motifs is 1. The lowest BCUT2D eigenvalue weighted by Crippen LogP contribution is -2.40. The lowest BCUT2D eigenvalue weighted by atomic mass is 9.98. The van der Waals surface area contributed by atoms with E-state index in [1.54, 1.807) is 42.5 Å². The number of nitrogens with two attached hydrogens (primary N) is 2. The molecule has 0 aliphatic rings. The fraction of sp³-hybridized carbons (Fsp3) is 0.222. The summed E-state index contributed by atoms with van der Waals surface area (Å²) in [7, 11) is 0. The summed E-state index contributed by atoms with van der Waals surface area (Å²) in [5.74, 6) is -0.894. The van der Waals surface area contributed by atoms with Gasteiger partial charge in [0.25, 0.3) is 5.91 Å². The van der Waals surface area contributed by atoms with Crippen LogP contribution in [-0.2, 0) is 11.2 Å². The van der Waals surface area contributed by atoms with Crippen molar-refractivity contribution in [1.82, 2.24) is 10.3 Å². The largest absolute Gasteiger partial charge is 0.381 e. The van der Waals surface area contributed by atoms with Gasteiger partial charge in [0.1, 0.15) is 0 Å². The maximum atomic E-state index is 12.7. The number of halogens is 1. The maximum Gasteiger partial charge on any atom is 0.255 e. The Kier molecular flexibility index (Phi) is 9.99. The van der Waals surface area contributed by atoms with Crippen molar-refractivity contribution in [1.29, 1.82) is 0 Å². The Labute approximate surface area is 224 Å². The monoisotopic (exact) mass is 539 g/mol. The standard InChI is InChI=1S/C20H23ClN4O2S.C7H7NO/c1-3-11-5-7-13(14(21)9-11)17(23-4-2)18(26)19(27)24-12-6-8-15-16(10-12)28-20(22)25-15;8-7(9)6-4-2-1-3-5-6/h5-10,17-18,23,26H,3-4H2,1-2H3,(H2,22,25)(H,24,27);1-5H,(H2,8,9). The summed E-state index contributed by atoms with van der Waals surface area (Å²) in [5, 5.41) is 17.6. The van der Waals surface area contributed by atoms with E-state index in [0.717, 1.165) is 22.2 Å². The number of nitrogens with one attached hydrogen (secondary N) is 2. The van der Waals surface area contributed by atoms with E-state index >= 15 is 0 Å². The first-order valence-corrected chi connectivity index (χ1v) is 12.9. The first-order valence-electron chi connectivity index (χ1n) is 11.7. The van der Waals surface area contributed by atoms with Crippen LogP contribution in [0.25, 0.3) is 10.2 Å². The highest BCUT2D eigenvalue weighted by atomic mass is 35.5. The molecule has 0 aliphatic heterocycles. The van der Waals surface area contributed by atoms with E-state index in [1.807, 2.05) is 38.1 Å². The number of thiazole rings is 1. The van der Waals surface area contributed by atoms with E-state index in [9.17, 15) is 14.7 Å². The summed E-state index contributed by atoms with van der Waals surface area (Å²) >= 11 is 7.76. The van der Waals surface area contributed by atoms with Crippen LogP contribution in [0.2, 0.25) is 5.02 Å². The average Bonchev–Trinajstić information content (AvgIpc) is 3.27. The Morgan fingerprint density at radius 3 is 2.41 bits per heavy atom. The third-order valence-electron chi connectivity index (χ3n) is 5.55. The highest BCUT2D eigenvalue weighted by molar-refractivity contribution is 7.22. The van der Waals surface area contributed by atoms with E-state index < -0.39 is 18.1 Å². The van der Waals surface area contributed by atoms with Gasteiger partial charge in [-0.05, 0) is 60.5 Å². The molecule has 1 heterocycles. The van der Waals surface area contributed by atoms with Crippen molar-refractivity contribution >= 4 is 55.8 Å². The van der Waals surface area contributed by atoms with Gasteiger partial charge < -0.3 is 27.2 Å². The van der Waals surface area contributed by atoms with Crippen molar-refractivity contribution in [2.24, 2.45) is 5.73 Å². The fourth-order valence-electron chi connectivity index (χ4n) is 3.64. The molecule has 2 amide bonds. The molecule has 3 aromatic carbocycles. The number of nitrogen functional groups attached to an aromatic ring is 1. The second kappa shape index (κ2) is 13.2. The van der Waals surface area contributed by atoms with Crippen molar-refractivity contribution in [3.05, 3.63) is 88.4 Å². The number of primary amides is 1. The molecule has 4 rings (SSSR count). The van der Waals surface area contributed by atoms with E-state index in [2.05, 4.69) is 15.6 Å².